The predicted molar refractivity (Wildman–Crippen MR) is 133 cm³/mol. The molecule has 0 unspecified atom stereocenters. The molecule has 214 valence electrons. The number of likely N-dealkylation sites (N-methyl/N-ethyl adjacent to an activating group) is 1. The highest BCUT2D eigenvalue weighted by atomic mass is 19.3. The van der Waals surface area contributed by atoms with Crippen LogP contribution in [0.1, 0.15) is 16.2 Å². The second-order valence-corrected chi connectivity index (χ2v) is 8.33. The molecule has 14 nitrogen and oxygen atoms in total. The van der Waals surface area contributed by atoms with E-state index in [-0.39, 0.29) is 46.2 Å². The number of alkyl halides is 4. The molecule has 4 heterocycles. The van der Waals surface area contributed by atoms with Gasteiger partial charge >= 0.3 is 13.2 Å². The van der Waals surface area contributed by atoms with Crippen molar-refractivity contribution in [1.29, 1.82) is 0 Å². The van der Waals surface area contributed by atoms with E-state index in [0.29, 0.717) is 18.9 Å². The van der Waals surface area contributed by atoms with Gasteiger partial charge in [0.05, 0.1) is 24.0 Å². The Bertz CT molecular complexity index is 1650. The Morgan fingerprint density at radius 3 is 2.76 bits per heavy atom. The lowest BCUT2D eigenvalue weighted by atomic mass is 10.1. The van der Waals surface area contributed by atoms with Crippen LogP contribution in [0.25, 0.3) is 16.9 Å². The molecule has 1 amide bonds. The third kappa shape index (κ3) is 6.21. The molecule has 0 aliphatic heterocycles. The van der Waals surface area contributed by atoms with Gasteiger partial charge in [0.2, 0.25) is 0 Å². The van der Waals surface area contributed by atoms with Gasteiger partial charge in [-0.15, -0.1) is 5.10 Å². The second-order valence-electron chi connectivity index (χ2n) is 8.33. The quantitative estimate of drug-likeness (QED) is 0.212. The molecular formula is C23H21F4N11O3. The summed E-state index contributed by atoms with van der Waals surface area (Å²) in [6.07, 6.45) is 5.80. The zero-order valence-electron chi connectivity index (χ0n) is 21.2. The molecule has 0 fully saturated rings. The van der Waals surface area contributed by atoms with Gasteiger partial charge in [0.1, 0.15) is 29.3 Å². The van der Waals surface area contributed by atoms with E-state index >= 15 is 0 Å². The van der Waals surface area contributed by atoms with Crippen molar-refractivity contribution in [3.8, 4) is 22.8 Å². The predicted octanol–water partition coefficient (Wildman–Crippen LogP) is 2.30. The van der Waals surface area contributed by atoms with Gasteiger partial charge in [-0.1, -0.05) is 0 Å². The van der Waals surface area contributed by atoms with Gasteiger partial charge in [0, 0.05) is 25.1 Å². The summed E-state index contributed by atoms with van der Waals surface area (Å²) in [5.41, 5.74) is 0.182. The number of carbonyl (C=O) groups is 1. The van der Waals surface area contributed by atoms with Crippen molar-refractivity contribution >= 4 is 17.2 Å². The van der Waals surface area contributed by atoms with Crippen LogP contribution < -0.4 is 20.1 Å². The lowest BCUT2D eigenvalue weighted by molar-refractivity contribution is -0.0526. The summed E-state index contributed by atoms with van der Waals surface area (Å²) in [6, 6.07) is 4.77. The largest absolute Gasteiger partial charge is 0.435 e. The standard InChI is InChI=1S/C23H21F4N11O3/c1-28-6-8-37-18(32-34-35-37)12-36-11-16(31-21(39)15-10-30-38-7-2-5-29-20(15)38)19(33-36)14-9-13(40-22(24)25)3-4-17(14)41-23(26)27/h2-5,7,9-11,22-23,28H,6,8,12H2,1H3,(H,31,39). The van der Waals surface area contributed by atoms with E-state index < -0.39 is 19.1 Å². The highest BCUT2D eigenvalue weighted by Crippen LogP contribution is 2.38. The number of hydrogen-bond acceptors (Lipinski definition) is 10. The summed E-state index contributed by atoms with van der Waals surface area (Å²) in [7, 11) is 1.77. The third-order valence-electron chi connectivity index (χ3n) is 5.66. The van der Waals surface area contributed by atoms with Gasteiger partial charge < -0.3 is 20.1 Å². The van der Waals surface area contributed by atoms with Crippen molar-refractivity contribution in [3.05, 3.63) is 60.4 Å². The van der Waals surface area contributed by atoms with Crippen LogP contribution in [0.3, 0.4) is 0 Å². The van der Waals surface area contributed by atoms with E-state index in [0.717, 1.165) is 18.2 Å². The maximum Gasteiger partial charge on any atom is 0.387 e. The minimum atomic E-state index is -3.24. The molecule has 0 spiro atoms. The van der Waals surface area contributed by atoms with Crippen LogP contribution in [0.4, 0.5) is 23.2 Å². The zero-order chi connectivity index (χ0) is 28.9. The van der Waals surface area contributed by atoms with Crippen LogP contribution in [-0.4, -0.2) is 77.3 Å². The van der Waals surface area contributed by atoms with E-state index in [1.165, 1.54) is 32.5 Å². The van der Waals surface area contributed by atoms with E-state index in [2.05, 4.69) is 50.8 Å². The van der Waals surface area contributed by atoms with Gasteiger partial charge in [0.15, 0.2) is 11.5 Å². The minimum Gasteiger partial charge on any atom is -0.435 e. The first-order valence-electron chi connectivity index (χ1n) is 11.9. The number of benzene rings is 1. The number of hydrogen-bond donors (Lipinski definition) is 2. The number of halogens is 4. The lowest BCUT2D eigenvalue weighted by Gasteiger charge is -2.13. The summed E-state index contributed by atoms with van der Waals surface area (Å²) < 4.78 is 65.8. The number of tetrazole rings is 1. The van der Waals surface area contributed by atoms with Gasteiger partial charge in [-0.05, 0) is 41.7 Å². The highest BCUT2D eigenvalue weighted by molar-refractivity contribution is 6.09. The first-order valence-corrected chi connectivity index (χ1v) is 11.9. The fourth-order valence-electron chi connectivity index (χ4n) is 3.91. The summed E-state index contributed by atoms with van der Waals surface area (Å²) >= 11 is 0. The molecule has 1 aromatic carbocycles. The van der Waals surface area contributed by atoms with Gasteiger partial charge in [-0.2, -0.15) is 27.8 Å². The molecule has 0 saturated heterocycles. The number of aromatic nitrogens is 9. The second kappa shape index (κ2) is 11.9. The lowest BCUT2D eigenvalue weighted by Crippen LogP contribution is -2.19. The maximum atomic E-state index is 13.3. The van der Waals surface area contributed by atoms with Crippen LogP contribution in [0, 0.1) is 0 Å². The van der Waals surface area contributed by atoms with Crippen LogP contribution in [0.5, 0.6) is 11.5 Å². The minimum absolute atomic E-state index is 0.0100. The number of nitrogens with one attached hydrogen (secondary N) is 2. The number of fused-ring (bicyclic) bond motifs is 1. The molecule has 0 atom stereocenters. The van der Waals surface area contributed by atoms with E-state index in [4.69, 9.17) is 0 Å². The average Bonchev–Trinajstić information content (AvgIpc) is 3.66. The van der Waals surface area contributed by atoms with Crippen molar-refractivity contribution in [3.63, 3.8) is 0 Å². The molecular weight excluding hydrogens is 554 g/mol. The number of carbonyl (C=O) groups excluding carboxylic acids is 1. The van der Waals surface area contributed by atoms with Crippen LogP contribution in [0.2, 0.25) is 0 Å². The van der Waals surface area contributed by atoms with Crippen molar-refractivity contribution in [1.82, 2.24) is 49.9 Å². The zero-order valence-corrected chi connectivity index (χ0v) is 21.2. The molecule has 0 saturated carbocycles. The number of anilines is 1. The topological polar surface area (TPSA) is 151 Å². The van der Waals surface area contributed by atoms with Crippen molar-refractivity contribution in [2.45, 2.75) is 26.3 Å². The van der Waals surface area contributed by atoms with E-state index in [1.807, 2.05) is 0 Å². The number of rotatable bonds is 12. The fourth-order valence-corrected chi connectivity index (χ4v) is 3.91. The number of amides is 1. The van der Waals surface area contributed by atoms with Gasteiger partial charge in [-0.25, -0.2) is 14.2 Å². The van der Waals surface area contributed by atoms with E-state index in [9.17, 15) is 22.4 Å². The first kappa shape index (κ1) is 27.4. The van der Waals surface area contributed by atoms with Gasteiger partial charge in [-0.3, -0.25) is 9.48 Å². The molecule has 18 heteroatoms. The monoisotopic (exact) mass is 575 g/mol. The summed E-state index contributed by atoms with van der Waals surface area (Å²) in [4.78, 5) is 17.4. The van der Waals surface area contributed by atoms with Crippen molar-refractivity contribution < 1.29 is 31.8 Å². The molecule has 5 rings (SSSR count). The Morgan fingerprint density at radius 2 is 1.98 bits per heavy atom. The first-order chi connectivity index (χ1) is 19.8. The SMILES string of the molecule is CNCCn1nnnc1Cn1cc(NC(=O)c2cnn3cccnc23)c(-c2cc(OC(F)F)ccc2OC(F)F)n1. The molecule has 41 heavy (non-hydrogen) atoms. The molecule has 2 N–H and O–H groups in total. The number of nitrogens with zero attached hydrogens (tertiary/aromatic N) is 9. The summed E-state index contributed by atoms with van der Waals surface area (Å²) in [6.45, 7) is -5.39. The van der Waals surface area contributed by atoms with Crippen molar-refractivity contribution in [2.24, 2.45) is 0 Å². The summed E-state index contributed by atoms with van der Waals surface area (Å²) in [5.74, 6) is -0.974. The highest BCUT2D eigenvalue weighted by Gasteiger charge is 2.23. The molecule has 0 bridgehead atoms. The smallest absolute Gasteiger partial charge is 0.387 e. The Hall–Kier alpha value is -5.13. The molecule has 0 aliphatic carbocycles. The van der Waals surface area contributed by atoms with Crippen LogP contribution in [-0.2, 0) is 13.1 Å². The van der Waals surface area contributed by atoms with Gasteiger partial charge in [0.25, 0.3) is 5.91 Å². The fraction of sp³-hybridized carbons (Fsp3) is 0.261. The average molecular weight is 575 g/mol. The summed E-state index contributed by atoms with van der Waals surface area (Å²) in [5, 5.41) is 25.8. The van der Waals surface area contributed by atoms with Crippen LogP contribution >= 0.6 is 0 Å². The maximum absolute atomic E-state index is 13.3. The molecule has 5 aromatic rings. The molecule has 0 radical (unpaired) electrons. The Balaban J connectivity index is 1.57. The molecule has 0 aliphatic rings. The van der Waals surface area contributed by atoms with E-state index in [1.54, 1.807) is 19.3 Å². The third-order valence-corrected chi connectivity index (χ3v) is 5.66. The normalized spacial score (nSPS) is 11.5. The Kier molecular flexibility index (Phi) is 7.99. The van der Waals surface area contributed by atoms with Crippen LogP contribution in [0.15, 0.2) is 49.1 Å². The van der Waals surface area contributed by atoms with Crippen molar-refractivity contribution in [2.75, 3.05) is 18.9 Å². The molecule has 4 aromatic heterocycles. The Labute approximate surface area is 227 Å². The Morgan fingerprint density at radius 1 is 1.15 bits per heavy atom. The number of ether oxygens (including phenoxy) is 2.